The fourth-order valence-corrected chi connectivity index (χ4v) is 1.73. The van der Waals surface area contributed by atoms with Crippen molar-refractivity contribution < 1.29 is 17.9 Å². The second kappa shape index (κ2) is 3.54. The number of ether oxygens (including phenoxy) is 1. The van der Waals surface area contributed by atoms with Crippen LogP contribution in [-0.4, -0.2) is 16.6 Å². The van der Waals surface area contributed by atoms with Crippen LogP contribution in [0.5, 0.6) is 5.75 Å². The number of hydrogen-bond acceptors (Lipinski definition) is 2. The zero-order chi connectivity index (χ0) is 11.1. The molecular weight excluding hydrogens is 324 g/mol. The minimum Gasteiger partial charge on any atom is -0.406 e. The zero-order valence-corrected chi connectivity index (χ0v) is 9.26. The van der Waals surface area contributed by atoms with Crippen molar-refractivity contribution >= 4 is 33.5 Å². The van der Waals surface area contributed by atoms with E-state index in [-0.39, 0.29) is 5.75 Å². The molecule has 0 aliphatic heterocycles. The van der Waals surface area contributed by atoms with Crippen LogP contribution in [0.15, 0.2) is 18.2 Å². The first kappa shape index (κ1) is 10.5. The largest absolute Gasteiger partial charge is 0.573 e. The van der Waals surface area contributed by atoms with Crippen molar-refractivity contribution in [2.24, 2.45) is 0 Å². The number of halogens is 4. The van der Waals surface area contributed by atoms with E-state index in [1.807, 2.05) is 22.6 Å². The average molecular weight is 328 g/mol. The molecule has 2 aromatic rings. The molecule has 0 atom stereocenters. The number of nitrogens with one attached hydrogen (secondary N) is 1. The molecule has 0 amide bonds. The maximum Gasteiger partial charge on any atom is 0.573 e. The summed E-state index contributed by atoms with van der Waals surface area (Å²) in [4.78, 5) is 0. The lowest BCUT2D eigenvalue weighted by Gasteiger charge is -2.07. The Morgan fingerprint density at radius 3 is 2.73 bits per heavy atom. The summed E-state index contributed by atoms with van der Waals surface area (Å²) in [7, 11) is 0. The Labute approximate surface area is 95.7 Å². The standard InChI is InChI=1S/C8H4F3IN2O/c9-8(10,11)15-4-1-2-5-6(3-4)13-14-7(5)12/h1-3H,(H,13,14). The smallest absolute Gasteiger partial charge is 0.406 e. The summed E-state index contributed by atoms with van der Waals surface area (Å²) in [5, 5.41) is 7.26. The lowest BCUT2D eigenvalue weighted by Crippen LogP contribution is -2.16. The number of aromatic nitrogens is 2. The van der Waals surface area contributed by atoms with E-state index in [1.165, 1.54) is 18.2 Å². The fourth-order valence-electron chi connectivity index (χ4n) is 1.16. The number of rotatable bonds is 1. The van der Waals surface area contributed by atoms with Crippen molar-refractivity contribution in [1.82, 2.24) is 10.2 Å². The van der Waals surface area contributed by atoms with Gasteiger partial charge < -0.3 is 4.74 Å². The van der Waals surface area contributed by atoms with E-state index in [4.69, 9.17) is 0 Å². The first-order valence-corrected chi connectivity index (χ1v) is 4.93. The molecule has 0 unspecified atom stereocenters. The highest BCUT2D eigenvalue weighted by molar-refractivity contribution is 14.1. The highest BCUT2D eigenvalue weighted by Crippen LogP contribution is 2.27. The lowest BCUT2D eigenvalue weighted by molar-refractivity contribution is -0.274. The van der Waals surface area contributed by atoms with Gasteiger partial charge in [-0.3, -0.25) is 5.10 Å². The Balaban J connectivity index is 2.39. The lowest BCUT2D eigenvalue weighted by atomic mass is 10.2. The van der Waals surface area contributed by atoms with E-state index in [0.29, 0.717) is 5.52 Å². The van der Waals surface area contributed by atoms with Crippen LogP contribution in [0.4, 0.5) is 13.2 Å². The third kappa shape index (κ3) is 2.33. The highest BCUT2D eigenvalue weighted by Gasteiger charge is 2.31. The van der Waals surface area contributed by atoms with Crippen molar-refractivity contribution in [2.75, 3.05) is 0 Å². The molecule has 1 aromatic heterocycles. The molecule has 0 bridgehead atoms. The second-order valence-electron chi connectivity index (χ2n) is 2.76. The summed E-state index contributed by atoms with van der Waals surface area (Å²) in [6, 6.07) is 4.02. The van der Waals surface area contributed by atoms with Gasteiger partial charge >= 0.3 is 6.36 Å². The maximum absolute atomic E-state index is 11.9. The normalized spacial score (nSPS) is 12.0. The third-order valence-electron chi connectivity index (χ3n) is 1.71. The molecule has 0 radical (unpaired) electrons. The summed E-state index contributed by atoms with van der Waals surface area (Å²) in [5.41, 5.74) is 0.446. The molecule has 0 spiro atoms. The van der Waals surface area contributed by atoms with Gasteiger partial charge in [0.15, 0.2) is 0 Å². The Morgan fingerprint density at radius 2 is 2.07 bits per heavy atom. The van der Waals surface area contributed by atoms with Gasteiger partial charge in [-0.2, -0.15) is 5.10 Å². The molecule has 3 nitrogen and oxygen atoms in total. The number of nitrogens with zero attached hydrogens (tertiary/aromatic N) is 1. The van der Waals surface area contributed by atoms with E-state index in [0.717, 1.165) is 9.09 Å². The SMILES string of the molecule is FC(F)(F)Oc1ccc2c(I)[nH]nc2c1. The van der Waals surface area contributed by atoms with Gasteiger partial charge in [-0.1, -0.05) is 0 Å². The molecule has 0 saturated carbocycles. The van der Waals surface area contributed by atoms with Gasteiger partial charge in [-0.25, -0.2) is 0 Å². The second-order valence-corrected chi connectivity index (χ2v) is 3.84. The molecule has 1 heterocycles. The van der Waals surface area contributed by atoms with E-state index < -0.39 is 6.36 Å². The number of H-pyrrole nitrogens is 1. The van der Waals surface area contributed by atoms with E-state index in [1.54, 1.807) is 0 Å². The van der Waals surface area contributed by atoms with Crippen molar-refractivity contribution in [2.45, 2.75) is 6.36 Å². The molecule has 7 heteroatoms. The average Bonchev–Trinajstić information content (AvgIpc) is 2.45. The molecule has 2 rings (SSSR count). The van der Waals surface area contributed by atoms with Gasteiger partial charge in [0.2, 0.25) is 0 Å². The van der Waals surface area contributed by atoms with Crippen LogP contribution in [0.1, 0.15) is 0 Å². The van der Waals surface area contributed by atoms with Crippen LogP contribution in [0.25, 0.3) is 10.9 Å². The molecule has 0 fully saturated rings. The number of hydrogen-bond donors (Lipinski definition) is 1. The van der Waals surface area contributed by atoms with Crippen LogP contribution in [0.3, 0.4) is 0 Å². The van der Waals surface area contributed by atoms with E-state index in [2.05, 4.69) is 14.9 Å². The maximum atomic E-state index is 11.9. The number of alkyl halides is 3. The summed E-state index contributed by atoms with van der Waals surface area (Å²) in [6.07, 6.45) is -4.67. The molecule has 1 aromatic carbocycles. The first-order valence-electron chi connectivity index (χ1n) is 3.85. The van der Waals surface area contributed by atoms with Gasteiger partial charge in [-0.05, 0) is 34.7 Å². The number of fused-ring (bicyclic) bond motifs is 1. The summed E-state index contributed by atoms with van der Waals surface area (Å²) in [6.45, 7) is 0. The first-order chi connectivity index (χ1) is 6.96. The molecule has 15 heavy (non-hydrogen) atoms. The molecular formula is C8H4F3IN2O. The van der Waals surface area contributed by atoms with Crippen LogP contribution in [0.2, 0.25) is 0 Å². The Morgan fingerprint density at radius 1 is 1.33 bits per heavy atom. The van der Waals surface area contributed by atoms with Crippen LogP contribution in [0, 0.1) is 3.70 Å². The predicted molar refractivity (Wildman–Crippen MR) is 55.5 cm³/mol. The highest BCUT2D eigenvalue weighted by atomic mass is 127. The molecule has 0 saturated heterocycles. The van der Waals surface area contributed by atoms with Gasteiger partial charge in [0, 0.05) is 11.5 Å². The Kier molecular flexibility index (Phi) is 2.49. The van der Waals surface area contributed by atoms with Gasteiger partial charge in [-0.15, -0.1) is 13.2 Å². The number of aromatic amines is 1. The summed E-state index contributed by atoms with van der Waals surface area (Å²) < 4.78 is 40.2. The molecule has 1 N–H and O–H groups in total. The summed E-state index contributed by atoms with van der Waals surface area (Å²) in [5.74, 6) is -0.266. The molecule has 0 aliphatic carbocycles. The Bertz CT molecular complexity index is 494. The number of benzene rings is 1. The van der Waals surface area contributed by atoms with E-state index in [9.17, 15) is 13.2 Å². The topological polar surface area (TPSA) is 37.9 Å². The van der Waals surface area contributed by atoms with Crippen molar-refractivity contribution in [3.8, 4) is 5.75 Å². The van der Waals surface area contributed by atoms with Gasteiger partial charge in [0.25, 0.3) is 0 Å². The molecule has 80 valence electrons. The fraction of sp³-hybridized carbons (Fsp3) is 0.125. The monoisotopic (exact) mass is 328 g/mol. The summed E-state index contributed by atoms with van der Waals surface area (Å²) >= 11 is 2.01. The Hall–Kier alpha value is -0.990. The zero-order valence-electron chi connectivity index (χ0n) is 7.10. The van der Waals surface area contributed by atoms with E-state index >= 15 is 0 Å². The molecule has 0 aliphatic rings. The van der Waals surface area contributed by atoms with Gasteiger partial charge in [0.05, 0.1) is 5.52 Å². The minimum atomic E-state index is -4.67. The van der Waals surface area contributed by atoms with Crippen molar-refractivity contribution in [3.63, 3.8) is 0 Å². The quantitative estimate of drug-likeness (QED) is 0.817. The van der Waals surface area contributed by atoms with Crippen molar-refractivity contribution in [1.29, 1.82) is 0 Å². The van der Waals surface area contributed by atoms with Crippen molar-refractivity contribution in [3.05, 3.63) is 21.9 Å². The van der Waals surface area contributed by atoms with Crippen LogP contribution in [-0.2, 0) is 0 Å². The third-order valence-corrected chi connectivity index (χ3v) is 2.54. The predicted octanol–water partition coefficient (Wildman–Crippen LogP) is 3.07. The van der Waals surface area contributed by atoms with Gasteiger partial charge in [0.1, 0.15) is 9.45 Å². The van der Waals surface area contributed by atoms with Crippen LogP contribution >= 0.6 is 22.6 Å². The van der Waals surface area contributed by atoms with Crippen LogP contribution < -0.4 is 4.74 Å². The minimum absolute atomic E-state index is 0.266.